The Bertz CT molecular complexity index is 606. The van der Waals surface area contributed by atoms with E-state index in [4.69, 9.17) is 32.7 Å². The minimum Gasteiger partial charge on any atom is -0.466 e. The Balaban J connectivity index is 2.86. The molecule has 24 heavy (non-hydrogen) atoms. The van der Waals surface area contributed by atoms with Crippen LogP contribution in [0.5, 0.6) is 0 Å². The predicted molar refractivity (Wildman–Crippen MR) is 89.8 cm³/mol. The molecule has 1 aromatic rings. The first-order valence-corrected chi connectivity index (χ1v) is 8.15. The maximum Gasteiger partial charge on any atom is 0.325 e. The van der Waals surface area contributed by atoms with Crippen LogP contribution in [0.25, 0.3) is 0 Å². The van der Waals surface area contributed by atoms with Gasteiger partial charge in [-0.05, 0) is 31.5 Å². The Morgan fingerprint density at radius 1 is 1.00 bits per heavy atom. The Morgan fingerprint density at radius 3 is 2.21 bits per heavy atom. The molecule has 6 nitrogen and oxygen atoms in total. The van der Waals surface area contributed by atoms with Crippen molar-refractivity contribution in [1.29, 1.82) is 0 Å². The maximum absolute atomic E-state index is 12.3. The summed E-state index contributed by atoms with van der Waals surface area (Å²) in [6.45, 7) is 3.51. The van der Waals surface area contributed by atoms with Gasteiger partial charge >= 0.3 is 11.9 Å². The van der Waals surface area contributed by atoms with Crippen LogP contribution in [0.15, 0.2) is 18.2 Å². The third-order valence-corrected chi connectivity index (χ3v) is 3.68. The number of carbonyl (C=O) groups excluding carboxylic acids is 3. The number of carbonyl (C=O) groups is 3. The Labute approximate surface area is 150 Å². The van der Waals surface area contributed by atoms with Crippen molar-refractivity contribution in [2.45, 2.75) is 26.8 Å². The fourth-order valence-corrected chi connectivity index (χ4v) is 2.22. The second kappa shape index (κ2) is 10.2. The molecule has 0 aliphatic heterocycles. The number of hydrogen-bond acceptors (Lipinski definition) is 5. The van der Waals surface area contributed by atoms with E-state index in [1.165, 1.54) is 4.90 Å². The van der Waals surface area contributed by atoms with Crippen LogP contribution in [0, 0.1) is 0 Å². The molecule has 0 bridgehead atoms. The van der Waals surface area contributed by atoms with Gasteiger partial charge in [-0.15, -0.1) is 0 Å². The lowest BCUT2D eigenvalue weighted by molar-refractivity contribution is -0.154. The van der Waals surface area contributed by atoms with Crippen molar-refractivity contribution in [1.82, 2.24) is 4.90 Å². The number of ether oxygens (including phenoxy) is 2. The van der Waals surface area contributed by atoms with Crippen molar-refractivity contribution in [2.24, 2.45) is 0 Å². The molecule has 132 valence electrons. The molecule has 0 aliphatic rings. The molecule has 0 fully saturated rings. The highest BCUT2D eigenvalue weighted by atomic mass is 35.5. The van der Waals surface area contributed by atoms with Crippen molar-refractivity contribution >= 4 is 41.0 Å². The average molecular weight is 376 g/mol. The molecule has 0 spiro atoms. The minimum atomic E-state index is -0.648. The number of benzene rings is 1. The SMILES string of the molecule is CCOC(=O)CC(=O)N(CC(=O)OCC)Cc1ccc(Cl)c(Cl)c1. The van der Waals surface area contributed by atoms with Gasteiger partial charge in [-0.3, -0.25) is 14.4 Å². The molecule has 1 aromatic carbocycles. The maximum atomic E-state index is 12.3. The van der Waals surface area contributed by atoms with Crippen molar-refractivity contribution < 1.29 is 23.9 Å². The summed E-state index contributed by atoms with van der Waals surface area (Å²) in [5.74, 6) is -1.74. The van der Waals surface area contributed by atoms with E-state index in [1.807, 2.05) is 0 Å². The Hall–Kier alpha value is -1.79. The highest BCUT2D eigenvalue weighted by Gasteiger charge is 2.21. The molecule has 0 saturated heterocycles. The van der Waals surface area contributed by atoms with Gasteiger partial charge in [0.15, 0.2) is 0 Å². The lowest BCUT2D eigenvalue weighted by atomic mass is 10.2. The number of esters is 2. The first-order chi connectivity index (χ1) is 11.4. The Morgan fingerprint density at radius 2 is 1.62 bits per heavy atom. The molecule has 0 aliphatic carbocycles. The van der Waals surface area contributed by atoms with Gasteiger partial charge in [-0.1, -0.05) is 29.3 Å². The van der Waals surface area contributed by atoms with Crippen LogP contribution in [0.3, 0.4) is 0 Å². The smallest absolute Gasteiger partial charge is 0.325 e. The highest BCUT2D eigenvalue weighted by molar-refractivity contribution is 6.42. The molecular weight excluding hydrogens is 357 g/mol. The summed E-state index contributed by atoms with van der Waals surface area (Å²) in [6.07, 6.45) is -0.450. The zero-order valence-electron chi connectivity index (χ0n) is 13.5. The second-order valence-corrected chi connectivity index (χ2v) is 5.60. The molecule has 0 aromatic heterocycles. The normalized spacial score (nSPS) is 10.2. The van der Waals surface area contributed by atoms with Crippen LogP contribution in [0.2, 0.25) is 10.0 Å². The minimum absolute atomic E-state index is 0.0912. The standard InChI is InChI=1S/C16H19Cl2NO5/c1-3-23-15(21)8-14(20)19(10-16(22)24-4-2)9-11-5-6-12(17)13(18)7-11/h5-7H,3-4,8-10H2,1-2H3. The fraction of sp³-hybridized carbons (Fsp3) is 0.438. The van der Waals surface area contributed by atoms with E-state index in [0.717, 1.165) is 0 Å². The van der Waals surface area contributed by atoms with E-state index in [2.05, 4.69) is 0 Å². The van der Waals surface area contributed by atoms with Crippen molar-refractivity contribution in [3.63, 3.8) is 0 Å². The number of nitrogens with zero attached hydrogens (tertiary/aromatic N) is 1. The monoisotopic (exact) mass is 375 g/mol. The zero-order chi connectivity index (χ0) is 18.1. The molecule has 0 heterocycles. The van der Waals surface area contributed by atoms with Gasteiger partial charge < -0.3 is 14.4 Å². The van der Waals surface area contributed by atoms with Gasteiger partial charge in [-0.2, -0.15) is 0 Å². The molecule has 0 unspecified atom stereocenters. The van der Waals surface area contributed by atoms with E-state index in [9.17, 15) is 14.4 Å². The molecular formula is C16H19Cl2NO5. The third-order valence-electron chi connectivity index (χ3n) is 2.94. The molecule has 0 N–H and O–H groups in total. The van der Waals surface area contributed by atoms with Crippen LogP contribution in [-0.4, -0.2) is 42.5 Å². The van der Waals surface area contributed by atoms with E-state index in [-0.39, 0.29) is 26.3 Å². The summed E-state index contributed by atoms with van der Waals surface area (Å²) < 4.78 is 9.62. The molecule has 0 atom stereocenters. The lowest BCUT2D eigenvalue weighted by Crippen LogP contribution is -2.37. The quantitative estimate of drug-likeness (QED) is 0.515. The Kier molecular flexibility index (Phi) is 8.57. The number of amides is 1. The summed E-state index contributed by atoms with van der Waals surface area (Å²) in [7, 11) is 0. The van der Waals surface area contributed by atoms with Gasteiger partial charge in [0.1, 0.15) is 13.0 Å². The fourth-order valence-electron chi connectivity index (χ4n) is 1.90. The van der Waals surface area contributed by atoms with Crippen LogP contribution in [-0.2, 0) is 30.4 Å². The van der Waals surface area contributed by atoms with Crippen LogP contribution in [0.1, 0.15) is 25.8 Å². The third kappa shape index (κ3) is 6.76. The first kappa shape index (κ1) is 20.3. The van der Waals surface area contributed by atoms with Gasteiger partial charge in [0, 0.05) is 6.54 Å². The summed E-state index contributed by atoms with van der Waals surface area (Å²) in [5.41, 5.74) is 0.672. The van der Waals surface area contributed by atoms with Crippen LogP contribution in [0.4, 0.5) is 0 Å². The van der Waals surface area contributed by atoms with Crippen molar-refractivity contribution in [3.05, 3.63) is 33.8 Å². The van der Waals surface area contributed by atoms with Gasteiger partial charge in [0.25, 0.3) is 0 Å². The highest BCUT2D eigenvalue weighted by Crippen LogP contribution is 2.23. The molecule has 8 heteroatoms. The van der Waals surface area contributed by atoms with Crippen LogP contribution >= 0.6 is 23.2 Å². The van der Waals surface area contributed by atoms with E-state index in [0.29, 0.717) is 15.6 Å². The average Bonchev–Trinajstić information content (AvgIpc) is 2.50. The number of hydrogen-bond donors (Lipinski definition) is 0. The van der Waals surface area contributed by atoms with E-state index < -0.39 is 24.3 Å². The molecule has 0 radical (unpaired) electrons. The van der Waals surface area contributed by atoms with Gasteiger partial charge in [0.05, 0.1) is 23.3 Å². The van der Waals surface area contributed by atoms with Gasteiger partial charge in [-0.25, -0.2) is 0 Å². The summed E-state index contributed by atoms with van der Waals surface area (Å²) in [5, 5.41) is 0.721. The topological polar surface area (TPSA) is 72.9 Å². The summed E-state index contributed by atoms with van der Waals surface area (Å²) in [6, 6.07) is 4.88. The second-order valence-electron chi connectivity index (χ2n) is 4.79. The molecule has 1 amide bonds. The van der Waals surface area contributed by atoms with Crippen LogP contribution < -0.4 is 0 Å². The number of halogens is 2. The zero-order valence-corrected chi connectivity index (χ0v) is 15.0. The van der Waals surface area contributed by atoms with E-state index in [1.54, 1.807) is 32.0 Å². The number of rotatable bonds is 8. The first-order valence-electron chi connectivity index (χ1n) is 7.40. The van der Waals surface area contributed by atoms with Gasteiger partial charge in [0.2, 0.25) is 5.91 Å². The largest absolute Gasteiger partial charge is 0.466 e. The summed E-state index contributed by atoms with van der Waals surface area (Å²) in [4.78, 5) is 36.7. The van der Waals surface area contributed by atoms with Crippen molar-refractivity contribution in [2.75, 3.05) is 19.8 Å². The van der Waals surface area contributed by atoms with E-state index >= 15 is 0 Å². The predicted octanol–water partition coefficient (Wildman–Crippen LogP) is 2.84. The molecule has 0 saturated carbocycles. The summed E-state index contributed by atoms with van der Waals surface area (Å²) >= 11 is 11.8. The lowest BCUT2D eigenvalue weighted by Gasteiger charge is -2.21. The molecule has 1 rings (SSSR count). The van der Waals surface area contributed by atoms with Crippen molar-refractivity contribution in [3.8, 4) is 0 Å².